The first-order valence-electron chi connectivity index (χ1n) is 6.89. The lowest BCUT2D eigenvalue weighted by molar-refractivity contribution is -0.157. The predicted molar refractivity (Wildman–Crippen MR) is 65.1 cm³/mol. The summed E-state index contributed by atoms with van der Waals surface area (Å²) in [6.45, 7) is 6.33. The van der Waals surface area contributed by atoms with Crippen molar-refractivity contribution in [1.82, 2.24) is 0 Å². The molecule has 0 aromatic rings. The van der Waals surface area contributed by atoms with E-state index in [1.54, 1.807) is 0 Å². The summed E-state index contributed by atoms with van der Waals surface area (Å²) >= 11 is 0. The van der Waals surface area contributed by atoms with Crippen molar-refractivity contribution in [2.75, 3.05) is 0 Å². The highest BCUT2D eigenvalue weighted by molar-refractivity contribution is 5.82. The molecule has 3 aliphatic rings. The van der Waals surface area contributed by atoms with Gasteiger partial charge in [-0.25, -0.2) is 4.79 Å². The molecule has 3 rings (SSSR count). The number of rotatable bonds is 2. The zero-order chi connectivity index (χ0) is 13.3. The number of hydrogen-bond acceptors (Lipinski definition) is 3. The summed E-state index contributed by atoms with van der Waals surface area (Å²) in [4.78, 5) is 11.4. The maximum atomic E-state index is 11.4. The summed E-state index contributed by atoms with van der Waals surface area (Å²) in [5.41, 5.74) is -2.15. The highest BCUT2D eigenvalue weighted by atomic mass is 16.6. The zero-order valence-corrected chi connectivity index (χ0v) is 11.3. The van der Waals surface area contributed by atoms with Crippen molar-refractivity contribution in [3.63, 3.8) is 0 Å². The Bertz CT molecular complexity index is 407. The lowest BCUT2D eigenvalue weighted by atomic mass is 9.59. The van der Waals surface area contributed by atoms with Gasteiger partial charge in [0.1, 0.15) is 0 Å². The average Bonchev–Trinajstić information content (AvgIpc) is 2.84. The van der Waals surface area contributed by atoms with E-state index in [4.69, 9.17) is 4.74 Å². The molecular weight excluding hydrogens is 232 g/mol. The van der Waals surface area contributed by atoms with Crippen LogP contribution in [0.2, 0.25) is 0 Å². The molecule has 2 N–H and O–H groups in total. The van der Waals surface area contributed by atoms with Crippen LogP contribution in [0.15, 0.2) is 0 Å². The van der Waals surface area contributed by atoms with E-state index in [0.717, 1.165) is 12.8 Å². The normalized spacial score (nSPS) is 54.1. The smallest absolute Gasteiger partial charge is 0.338 e. The molecule has 0 spiro atoms. The first kappa shape index (κ1) is 12.4. The van der Waals surface area contributed by atoms with Crippen LogP contribution in [0.1, 0.15) is 46.5 Å². The van der Waals surface area contributed by atoms with Crippen LogP contribution in [0, 0.1) is 17.3 Å². The van der Waals surface area contributed by atoms with Crippen molar-refractivity contribution in [2.24, 2.45) is 17.3 Å². The fourth-order valence-electron chi connectivity index (χ4n) is 4.54. The van der Waals surface area contributed by atoms with Crippen LogP contribution in [-0.2, 0) is 9.53 Å². The number of ether oxygens (including phenoxy) is 1. The van der Waals surface area contributed by atoms with Gasteiger partial charge in [-0.2, -0.15) is 0 Å². The van der Waals surface area contributed by atoms with Crippen molar-refractivity contribution in [2.45, 2.75) is 63.8 Å². The molecule has 102 valence electrons. The van der Waals surface area contributed by atoms with Gasteiger partial charge in [0.05, 0.1) is 11.7 Å². The Morgan fingerprint density at radius 3 is 2.67 bits per heavy atom. The lowest BCUT2D eigenvalue weighted by Crippen LogP contribution is -2.56. The van der Waals surface area contributed by atoms with Gasteiger partial charge in [0.2, 0.25) is 0 Å². The van der Waals surface area contributed by atoms with E-state index >= 15 is 0 Å². The molecule has 1 saturated heterocycles. The maximum absolute atomic E-state index is 11.4. The molecule has 0 amide bonds. The van der Waals surface area contributed by atoms with Gasteiger partial charge in [-0.05, 0) is 36.5 Å². The molecule has 3 fully saturated rings. The number of carboxylic acid groups (broad SMARTS) is 1. The third-order valence-electron chi connectivity index (χ3n) is 5.82. The molecule has 0 unspecified atom stereocenters. The SMILES string of the molecule is CC(C)[C@H]1CC[C@]2(C)C[C@H]3O[C@@]3(C(=O)O)C[C@]12O. The van der Waals surface area contributed by atoms with Crippen LogP contribution < -0.4 is 0 Å². The van der Waals surface area contributed by atoms with Crippen molar-refractivity contribution >= 4 is 5.97 Å². The molecule has 2 saturated carbocycles. The van der Waals surface area contributed by atoms with Gasteiger partial charge in [-0.1, -0.05) is 20.8 Å². The zero-order valence-electron chi connectivity index (χ0n) is 11.3. The minimum atomic E-state index is -1.09. The Morgan fingerprint density at radius 1 is 1.44 bits per heavy atom. The molecule has 1 heterocycles. The van der Waals surface area contributed by atoms with Crippen LogP contribution in [0.4, 0.5) is 0 Å². The topological polar surface area (TPSA) is 70.1 Å². The first-order chi connectivity index (χ1) is 8.25. The Kier molecular flexibility index (Phi) is 2.27. The second-order valence-electron chi connectivity index (χ2n) is 7.06. The van der Waals surface area contributed by atoms with Crippen molar-refractivity contribution < 1.29 is 19.7 Å². The van der Waals surface area contributed by atoms with Gasteiger partial charge < -0.3 is 14.9 Å². The monoisotopic (exact) mass is 254 g/mol. The highest BCUT2D eigenvalue weighted by Crippen LogP contribution is 2.66. The number of aliphatic hydroxyl groups is 1. The fourth-order valence-corrected chi connectivity index (χ4v) is 4.54. The molecular formula is C14H22O4. The van der Waals surface area contributed by atoms with E-state index in [1.165, 1.54) is 0 Å². The number of aliphatic carboxylic acids is 1. The summed E-state index contributed by atoms with van der Waals surface area (Å²) in [6, 6.07) is 0. The number of fused-ring (bicyclic) bond motifs is 2. The lowest BCUT2D eigenvalue weighted by Gasteiger charge is -2.47. The van der Waals surface area contributed by atoms with Crippen LogP contribution >= 0.6 is 0 Å². The fraction of sp³-hybridized carbons (Fsp3) is 0.929. The van der Waals surface area contributed by atoms with Gasteiger partial charge in [0, 0.05) is 6.42 Å². The second-order valence-corrected chi connectivity index (χ2v) is 7.06. The Morgan fingerprint density at radius 2 is 2.11 bits per heavy atom. The molecule has 0 bridgehead atoms. The van der Waals surface area contributed by atoms with Gasteiger partial charge in [-0.15, -0.1) is 0 Å². The van der Waals surface area contributed by atoms with Gasteiger partial charge in [-0.3, -0.25) is 0 Å². The molecule has 4 nitrogen and oxygen atoms in total. The molecule has 5 atom stereocenters. The van der Waals surface area contributed by atoms with Crippen LogP contribution in [0.5, 0.6) is 0 Å². The standard InChI is InChI=1S/C14H22O4/c1-8(2)9-4-5-12(3)6-10-13(18-10,11(15)16)7-14(9,12)17/h8-10,17H,4-7H2,1-3H3,(H,15,16)/t9-,10-,12-,13+,14+/m1/s1. The van der Waals surface area contributed by atoms with Crippen molar-refractivity contribution in [3.8, 4) is 0 Å². The van der Waals surface area contributed by atoms with E-state index in [-0.39, 0.29) is 23.9 Å². The van der Waals surface area contributed by atoms with Crippen LogP contribution in [0.3, 0.4) is 0 Å². The average molecular weight is 254 g/mol. The number of carbonyl (C=O) groups is 1. The molecule has 1 aliphatic heterocycles. The van der Waals surface area contributed by atoms with Gasteiger partial charge >= 0.3 is 5.97 Å². The van der Waals surface area contributed by atoms with Crippen LogP contribution in [-0.4, -0.2) is 33.5 Å². The molecule has 2 aliphatic carbocycles. The summed E-state index contributed by atoms with van der Waals surface area (Å²) < 4.78 is 5.46. The van der Waals surface area contributed by atoms with E-state index in [2.05, 4.69) is 20.8 Å². The number of hydrogen-bond donors (Lipinski definition) is 2. The summed E-state index contributed by atoms with van der Waals surface area (Å²) in [6.07, 6.45) is 2.72. The molecule has 0 radical (unpaired) electrons. The summed E-state index contributed by atoms with van der Waals surface area (Å²) in [5, 5.41) is 20.5. The maximum Gasteiger partial charge on any atom is 0.338 e. The predicted octanol–water partition coefficient (Wildman–Crippen LogP) is 1.81. The van der Waals surface area contributed by atoms with Crippen molar-refractivity contribution in [3.05, 3.63) is 0 Å². The highest BCUT2D eigenvalue weighted by Gasteiger charge is 2.76. The minimum Gasteiger partial charge on any atom is -0.479 e. The first-order valence-corrected chi connectivity index (χ1v) is 6.89. The van der Waals surface area contributed by atoms with E-state index < -0.39 is 17.2 Å². The third kappa shape index (κ3) is 1.26. The third-order valence-corrected chi connectivity index (χ3v) is 5.82. The summed E-state index contributed by atoms with van der Waals surface area (Å²) in [7, 11) is 0. The van der Waals surface area contributed by atoms with Crippen LogP contribution in [0.25, 0.3) is 0 Å². The van der Waals surface area contributed by atoms with E-state index in [9.17, 15) is 15.0 Å². The largest absolute Gasteiger partial charge is 0.479 e. The molecule has 0 aromatic carbocycles. The summed E-state index contributed by atoms with van der Waals surface area (Å²) in [5.74, 6) is -0.348. The molecule has 18 heavy (non-hydrogen) atoms. The van der Waals surface area contributed by atoms with E-state index in [1.807, 2.05) is 0 Å². The van der Waals surface area contributed by atoms with Gasteiger partial charge in [0.15, 0.2) is 5.60 Å². The quantitative estimate of drug-likeness (QED) is 0.737. The molecule has 4 heteroatoms. The molecule has 0 aromatic heterocycles. The Hall–Kier alpha value is -0.610. The number of epoxide rings is 1. The number of carboxylic acids is 1. The van der Waals surface area contributed by atoms with E-state index in [0.29, 0.717) is 12.3 Å². The minimum absolute atomic E-state index is 0.179. The van der Waals surface area contributed by atoms with Crippen molar-refractivity contribution in [1.29, 1.82) is 0 Å². The van der Waals surface area contributed by atoms with Gasteiger partial charge in [0.25, 0.3) is 0 Å². The Balaban J connectivity index is 1.97. The Labute approximate surface area is 107 Å². The second kappa shape index (κ2) is 3.28.